The van der Waals surface area contributed by atoms with Gasteiger partial charge in [0.2, 0.25) is 0 Å². The summed E-state index contributed by atoms with van der Waals surface area (Å²) in [7, 11) is 2.03. The zero-order chi connectivity index (χ0) is 11.8. The maximum atomic E-state index is 5.54. The molecule has 0 bridgehead atoms. The van der Waals surface area contributed by atoms with Crippen LogP contribution in [0, 0.1) is 0 Å². The van der Waals surface area contributed by atoms with Crippen molar-refractivity contribution in [3.63, 3.8) is 0 Å². The highest BCUT2D eigenvalue weighted by molar-refractivity contribution is 5.51. The first-order valence-electron chi connectivity index (χ1n) is 5.79. The lowest BCUT2D eigenvalue weighted by Crippen LogP contribution is -2.29. The van der Waals surface area contributed by atoms with Crippen molar-refractivity contribution in [3.8, 4) is 5.75 Å². The average Bonchev–Trinajstić information content (AvgIpc) is 2.30. The summed E-state index contributed by atoms with van der Waals surface area (Å²) in [5.74, 6) is 1.76. The third kappa shape index (κ3) is 3.70. The van der Waals surface area contributed by atoms with Gasteiger partial charge in [-0.3, -0.25) is 0 Å². The highest BCUT2D eigenvalue weighted by Crippen LogP contribution is 2.23. The molecule has 0 fully saturated rings. The maximum absolute atomic E-state index is 5.54. The molecule has 16 heavy (non-hydrogen) atoms. The normalized spacial score (nSPS) is 10.2. The zero-order valence-corrected chi connectivity index (χ0v) is 10.4. The number of aromatic nitrogens is 1. The van der Waals surface area contributed by atoms with Crippen LogP contribution in [-0.4, -0.2) is 38.3 Å². The molecule has 0 aliphatic heterocycles. The number of hydrogen-bond donors (Lipinski definition) is 1. The van der Waals surface area contributed by atoms with Gasteiger partial charge in [-0.1, -0.05) is 6.92 Å². The number of nitrogens with one attached hydrogen (secondary N) is 1. The van der Waals surface area contributed by atoms with Gasteiger partial charge in [0.05, 0.1) is 6.61 Å². The number of rotatable bonds is 7. The molecule has 0 aliphatic carbocycles. The van der Waals surface area contributed by atoms with Crippen LogP contribution in [0.1, 0.15) is 13.8 Å². The Morgan fingerprint density at radius 3 is 2.94 bits per heavy atom. The van der Waals surface area contributed by atoms with Crippen LogP contribution in [0.15, 0.2) is 18.3 Å². The van der Waals surface area contributed by atoms with E-state index in [1.165, 1.54) is 0 Å². The molecule has 90 valence electrons. The predicted octanol–water partition coefficient (Wildman–Crippen LogP) is 1.53. The lowest BCUT2D eigenvalue weighted by Gasteiger charge is -2.20. The number of likely N-dealkylation sites (N-methyl/N-ethyl adjacent to an activating group) is 2. The molecule has 4 nitrogen and oxygen atoms in total. The predicted molar refractivity (Wildman–Crippen MR) is 67.2 cm³/mol. The van der Waals surface area contributed by atoms with Crippen LogP contribution in [0.4, 0.5) is 5.82 Å². The Morgan fingerprint density at radius 1 is 1.44 bits per heavy atom. The Labute approximate surface area is 97.6 Å². The summed E-state index contributed by atoms with van der Waals surface area (Å²) < 4.78 is 5.54. The minimum atomic E-state index is 0.666. The van der Waals surface area contributed by atoms with Crippen LogP contribution < -0.4 is 15.0 Å². The smallest absolute Gasteiger partial charge is 0.171 e. The van der Waals surface area contributed by atoms with Crippen LogP contribution in [0.5, 0.6) is 5.75 Å². The first-order valence-corrected chi connectivity index (χ1v) is 5.79. The van der Waals surface area contributed by atoms with Crippen molar-refractivity contribution >= 4 is 5.82 Å². The van der Waals surface area contributed by atoms with Crippen LogP contribution in [0.3, 0.4) is 0 Å². The molecular weight excluding hydrogens is 202 g/mol. The summed E-state index contributed by atoms with van der Waals surface area (Å²) in [6.07, 6.45) is 1.79. The van der Waals surface area contributed by atoms with E-state index < -0.39 is 0 Å². The molecule has 0 unspecified atom stereocenters. The lowest BCUT2D eigenvalue weighted by molar-refractivity contribution is 0.339. The van der Waals surface area contributed by atoms with Crippen molar-refractivity contribution in [2.45, 2.75) is 13.8 Å². The second kappa shape index (κ2) is 7.06. The molecule has 0 saturated heterocycles. The van der Waals surface area contributed by atoms with E-state index in [4.69, 9.17) is 4.74 Å². The van der Waals surface area contributed by atoms with Gasteiger partial charge in [-0.2, -0.15) is 0 Å². The maximum Gasteiger partial charge on any atom is 0.171 e. The van der Waals surface area contributed by atoms with E-state index in [-0.39, 0.29) is 0 Å². The van der Waals surface area contributed by atoms with E-state index in [9.17, 15) is 0 Å². The summed E-state index contributed by atoms with van der Waals surface area (Å²) in [4.78, 5) is 6.45. The Kier molecular flexibility index (Phi) is 5.64. The fraction of sp³-hybridized carbons (Fsp3) is 0.583. The van der Waals surface area contributed by atoms with Gasteiger partial charge in [-0.15, -0.1) is 0 Å². The summed E-state index contributed by atoms with van der Waals surface area (Å²) in [6.45, 7) is 7.62. The number of anilines is 1. The van der Waals surface area contributed by atoms with Crippen LogP contribution in [-0.2, 0) is 0 Å². The molecule has 1 N–H and O–H groups in total. The molecular formula is C12H21N3O. The third-order valence-corrected chi connectivity index (χ3v) is 2.29. The quantitative estimate of drug-likeness (QED) is 0.711. The van der Waals surface area contributed by atoms with E-state index in [1.54, 1.807) is 6.20 Å². The van der Waals surface area contributed by atoms with Crippen molar-refractivity contribution in [1.29, 1.82) is 0 Å². The molecule has 0 atom stereocenters. The fourth-order valence-electron chi connectivity index (χ4n) is 1.47. The van der Waals surface area contributed by atoms with Crippen molar-refractivity contribution in [3.05, 3.63) is 18.3 Å². The van der Waals surface area contributed by atoms with Gasteiger partial charge < -0.3 is 15.0 Å². The van der Waals surface area contributed by atoms with Crippen molar-refractivity contribution < 1.29 is 4.74 Å². The standard InChI is InChI=1S/C12H21N3O/c1-4-13-9-10-15(3)12-11(16-5-2)7-6-8-14-12/h6-8,13H,4-5,9-10H2,1-3H3. The molecule has 0 spiro atoms. The van der Waals surface area contributed by atoms with Crippen LogP contribution in [0.25, 0.3) is 0 Å². The topological polar surface area (TPSA) is 37.4 Å². The number of ether oxygens (including phenoxy) is 1. The average molecular weight is 223 g/mol. The number of hydrogen-bond acceptors (Lipinski definition) is 4. The second-order valence-corrected chi connectivity index (χ2v) is 3.53. The highest BCUT2D eigenvalue weighted by Gasteiger charge is 2.08. The zero-order valence-electron chi connectivity index (χ0n) is 10.4. The fourth-order valence-corrected chi connectivity index (χ4v) is 1.47. The van der Waals surface area contributed by atoms with Gasteiger partial charge in [-0.25, -0.2) is 4.98 Å². The van der Waals surface area contributed by atoms with Crippen LogP contribution in [0.2, 0.25) is 0 Å². The molecule has 0 saturated carbocycles. The Bertz CT molecular complexity index is 304. The molecule has 1 aromatic heterocycles. The van der Waals surface area contributed by atoms with E-state index in [0.29, 0.717) is 6.61 Å². The number of pyridine rings is 1. The molecule has 1 rings (SSSR count). The van der Waals surface area contributed by atoms with Crippen molar-refractivity contribution in [1.82, 2.24) is 10.3 Å². The van der Waals surface area contributed by atoms with Gasteiger partial charge in [0, 0.05) is 26.3 Å². The third-order valence-electron chi connectivity index (χ3n) is 2.29. The molecule has 4 heteroatoms. The van der Waals surface area contributed by atoms with Crippen molar-refractivity contribution in [2.24, 2.45) is 0 Å². The van der Waals surface area contributed by atoms with Gasteiger partial charge in [0.1, 0.15) is 0 Å². The van der Waals surface area contributed by atoms with Gasteiger partial charge in [-0.05, 0) is 25.6 Å². The van der Waals surface area contributed by atoms with E-state index in [2.05, 4.69) is 22.1 Å². The Balaban J connectivity index is 2.62. The Morgan fingerprint density at radius 2 is 2.25 bits per heavy atom. The van der Waals surface area contributed by atoms with Gasteiger partial charge in [0.25, 0.3) is 0 Å². The van der Waals surface area contributed by atoms with E-state index in [0.717, 1.165) is 31.2 Å². The SMILES string of the molecule is CCNCCN(C)c1ncccc1OCC. The molecule has 0 amide bonds. The molecule has 0 aromatic carbocycles. The lowest BCUT2D eigenvalue weighted by atomic mass is 10.4. The van der Waals surface area contributed by atoms with Gasteiger partial charge >= 0.3 is 0 Å². The van der Waals surface area contributed by atoms with Crippen molar-refractivity contribution in [2.75, 3.05) is 38.2 Å². The Hall–Kier alpha value is -1.29. The monoisotopic (exact) mass is 223 g/mol. The highest BCUT2D eigenvalue weighted by atomic mass is 16.5. The number of nitrogens with zero attached hydrogens (tertiary/aromatic N) is 2. The second-order valence-electron chi connectivity index (χ2n) is 3.53. The molecule has 1 heterocycles. The summed E-state index contributed by atoms with van der Waals surface area (Å²) >= 11 is 0. The van der Waals surface area contributed by atoms with Crippen LogP contribution >= 0.6 is 0 Å². The molecule has 0 aliphatic rings. The summed E-state index contributed by atoms with van der Waals surface area (Å²) in [5.41, 5.74) is 0. The molecule has 0 radical (unpaired) electrons. The van der Waals surface area contributed by atoms with E-state index >= 15 is 0 Å². The molecule has 1 aromatic rings. The summed E-state index contributed by atoms with van der Waals surface area (Å²) in [5, 5.41) is 3.29. The minimum Gasteiger partial charge on any atom is -0.490 e. The minimum absolute atomic E-state index is 0.666. The van der Waals surface area contributed by atoms with Gasteiger partial charge in [0.15, 0.2) is 11.6 Å². The van der Waals surface area contributed by atoms with E-state index in [1.807, 2.05) is 26.1 Å². The summed E-state index contributed by atoms with van der Waals surface area (Å²) in [6, 6.07) is 3.85. The first kappa shape index (κ1) is 12.8. The first-order chi connectivity index (χ1) is 7.79. The largest absolute Gasteiger partial charge is 0.490 e.